The van der Waals surface area contributed by atoms with Crippen LogP contribution in [0.4, 0.5) is 4.79 Å². The van der Waals surface area contributed by atoms with Crippen molar-refractivity contribution in [1.82, 2.24) is 4.90 Å². The van der Waals surface area contributed by atoms with Gasteiger partial charge in [-0.3, -0.25) is 4.90 Å². The predicted molar refractivity (Wildman–Crippen MR) is 123 cm³/mol. The molecule has 0 radical (unpaired) electrons. The van der Waals surface area contributed by atoms with Gasteiger partial charge in [0.05, 0.1) is 6.10 Å². The summed E-state index contributed by atoms with van der Waals surface area (Å²) in [5.41, 5.74) is 2.70. The van der Waals surface area contributed by atoms with Crippen molar-refractivity contribution in [3.63, 3.8) is 0 Å². The third-order valence-corrected chi connectivity index (χ3v) is 5.82. The molecule has 3 aromatic carbocycles. The molecular weight excluding hydrogens is 418 g/mol. The first kappa shape index (κ1) is 22.6. The first-order valence-electron chi connectivity index (χ1n) is 11.0. The number of amides is 1. The number of rotatable bonds is 7. The minimum atomic E-state index is -1.12. The van der Waals surface area contributed by atoms with Crippen LogP contribution < -0.4 is 0 Å². The number of esters is 1. The second-order valence-electron chi connectivity index (χ2n) is 8.17. The molecule has 1 heterocycles. The molecule has 170 valence electrons. The Balaban J connectivity index is 1.47. The van der Waals surface area contributed by atoms with Crippen molar-refractivity contribution in [3.05, 3.63) is 108 Å². The summed E-state index contributed by atoms with van der Waals surface area (Å²) in [6, 6.07) is 27.2. The van der Waals surface area contributed by atoms with E-state index in [9.17, 15) is 14.7 Å². The molecule has 0 spiro atoms. The van der Waals surface area contributed by atoms with Gasteiger partial charge in [0.15, 0.2) is 6.04 Å². The van der Waals surface area contributed by atoms with E-state index in [0.29, 0.717) is 6.42 Å². The average Bonchev–Trinajstić information content (AvgIpc) is 3.19. The van der Waals surface area contributed by atoms with E-state index in [0.717, 1.165) is 16.7 Å². The van der Waals surface area contributed by atoms with Crippen molar-refractivity contribution in [2.75, 3.05) is 6.54 Å². The molecule has 0 aromatic heterocycles. The lowest BCUT2D eigenvalue weighted by Crippen LogP contribution is -2.46. The van der Waals surface area contributed by atoms with E-state index in [4.69, 9.17) is 9.47 Å². The Morgan fingerprint density at radius 2 is 1.24 bits per heavy atom. The fourth-order valence-corrected chi connectivity index (χ4v) is 4.09. The van der Waals surface area contributed by atoms with Crippen LogP contribution in [0.3, 0.4) is 0 Å². The highest BCUT2D eigenvalue weighted by atomic mass is 16.6. The maximum absolute atomic E-state index is 13.0. The maximum atomic E-state index is 13.0. The van der Waals surface area contributed by atoms with Crippen LogP contribution in [0.1, 0.15) is 16.7 Å². The molecule has 1 amide bonds. The Hall–Kier alpha value is -3.64. The van der Waals surface area contributed by atoms with E-state index in [1.165, 1.54) is 4.90 Å². The van der Waals surface area contributed by atoms with Crippen LogP contribution in [0.25, 0.3) is 0 Å². The van der Waals surface area contributed by atoms with E-state index < -0.39 is 24.2 Å². The molecule has 4 rings (SSSR count). The van der Waals surface area contributed by atoms with Gasteiger partial charge in [-0.25, -0.2) is 9.59 Å². The number of hydrogen-bond acceptors (Lipinski definition) is 5. The van der Waals surface area contributed by atoms with Crippen molar-refractivity contribution in [2.24, 2.45) is 5.92 Å². The molecule has 0 unspecified atom stereocenters. The Morgan fingerprint density at radius 3 is 1.79 bits per heavy atom. The number of likely N-dealkylation sites (tertiary alicyclic amines) is 1. The highest BCUT2D eigenvalue weighted by Crippen LogP contribution is 2.29. The van der Waals surface area contributed by atoms with Crippen molar-refractivity contribution in [1.29, 1.82) is 0 Å². The highest BCUT2D eigenvalue weighted by molar-refractivity contribution is 5.83. The predicted octanol–water partition coefficient (Wildman–Crippen LogP) is 3.97. The molecule has 6 nitrogen and oxygen atoms in total. The number of ether oxygens (including phenoxy) is 2. The Kier molecular flexibility index (Phi) is 7.37. The summed E-state index contributed by atoms with van der Waals surface area (Å²) < 4.78 is 10.9. The lowest BCUT2D eigenvalue weighted by molar-refractivity contribution is -0.153. The van der Waals surface area contributed by atoms with Gasteiger partial charge in [-0.15, -0.1) is 0 Å². The Morgan fingerprint density at radius 1 is 0.758 bits per heavy atom. The van der Waals surface area contributed by atoms with E-state index in [2.05, 4.69) is 0 Å². The Labute approximate surface area is 193 Å². The summed E-state index contributed by atoms with van der Waals surface area (Å²) in [4.78, 5) is 27.2. The van der Waals surface area contributed by atoms with Crippen LogP contribution >= 0.6 is 0 Å². The van der Waals surface area contributed by atoms with E-state index in [1.54, 1.807) is 0 Å². The highest BCUT2D eigenvalue weighted by Gasteiger charge is 2.48. The molecule has 1 N–H and O–H groups in total. The van der Waals surface area contributed by atoms with Crippen LogP contribution in [0.5, 0.6) is 0 Å². The summed E-state index contributed by atoms with van der Waals surface area (Å²) in [6.07, 6.45) is -1.17. The Bertz CT molecular complexity index is 1040. The smallest absolute Gasteiger partial charge is 0.410 e. The third kappa shape index (κ3) is 5.79. The molecule has 1 aliphatic heterocycles. The number of benzene rings is 3. The van der Waals surface area contributed by atoms with Gasteiger partial charge < -0.3 is 14.6 Å². The van der Waals surface area contributed by atoms with Crippen molar-refractivity contribution < 1.29 is 24.2 Å². The van der Waals surface area contributed by atoms with Gasteiger partial charge in [0.2, 0.25) is 0 Å². The zero-order valence-corrected chi connectivity index (χ0v) is 18.2. The number of carbonyl (C=O) groups is 2. The van der Waals surface area contributed by atoms with Gasteiger partial charge in [-0.2, -0.15) is 0 Å². The summed E-state index contributed by atoms with van der Waals surface area (Å²) in [6.45, 7) is 0.356. The quantitative estimate of drug-likeness (QED) is 0.557. The summed E-state index contributed by atoms with van der Waals surface area (Å²) in [5, 5.41) is 11.0. The molecule has 6 heteroatoms. The molecule has 1 fully saturated rings. The molecule has 3 atom stereocenters. The molecule has 0 bridgehead atoms. The molecule has 0 aliphatic carbocycles. The van der Waals surface area contributed by atoms with Crippen LogP contribution in [-0.2, 0) is 33.9 Å². The van der Waals surface area contributed by atoms with Crippen molar-refractivity contribution >= 4 is 12.1 Å². The molecule has 33 heavy (non-hydrogen) atoms. The van der Waals surface area contributed by atoms with Gasteiger partial charge >= 0.3 is 12.1 Å². The minimum Gasteiger partial charge on any atom is -0.459 e. The van der Waals surface area contributed by atoms with Crippen LogP contribution in [0, 0.1) is 5.92 Å². The number of carbonyl (C=O) groups excluding carboxylic acids is 2. The lowest BCUT2D eigenvalue weighted by Gasteiger charge is -2.24. The molecule has 0 saturated carbocycles. The fourth-order valence-electron chi connectivity index (χ4n) is 4.09. The second kappa shape index (κ2) is 10.8. The molecule has 1 aliphatic rings. The van der Waals surface area contributed by atoms with E-state index in [-0.39, 0.29) is 25.7 Å². The van der Waals surface area contributed by atoms with Gasteiger partial charge in [0.25, 0.3) is 0 Å². The first-order chi connectivity index (χ1) is 16.1. The first-order valence-corrected chi connectivity index (χ1v) is 11.0. The van der Waals surface area contributed by atoms with Crippen LogP contribution in [-0.4, -0.2) is 40.8 Å². The largest absolute Gasteiger partial charge is 0.459 e. The number of aliphatic hydroxyl groups excluding tert-OH is 1. The standard InChI is InChI=1S/C27H27NO5/c29-25-23(16-20-10-4-1-5-11-20)17-28(27(31)33-19-22-14-8-3-9-15-22)24(25)26(30)32-18-21-12-6-2-7-13-21/h1-15,23-25,29H,16-19H2/t23-,24-,25-/m0/s1. The van der Waals surface area contributed by atoms with E-state index in [1.807, 2.05) is 91.0 Å². The van der Waals surface area contributed by atoms with Crippen LogP contribution in [0.2, 0.25) is 0 Å². The zero-order chi connectivity index (χ0) is 23.0. The van der Waals surface area contributed by atoms with Crippen molar-refractivity contribution in [3.8, 4) is 0 Å². The lowest BCUT2D eigenvalue weighted by atomic mass is 9.94. The summed E-state index contributed by atoms with van der Waals surface area (Å²) >= 11 is 0. The van der Waals surface area contributed by atoms with Gasteiger partial charge in [0, 0.05) is 12.5 Å². The van der Waals surface area contributed by atoms with Gasteiger partial charge in [-0.05, 0) is 23.1 Å². The number of aliphatic hydroxyl groups is 1. The normalized spacial score (nSPS) is 19.8. The summed E-state index contributed by atoms with van der Waals surface area (Å²) in [5.74, 6) is -0.954. The maximum Gasteiger partial charge on any atom is 0.410 e. The second-order valence-corrected chi connectivity index (χ2v) is 8.17. The van der Waals surface area contributed by atoms with E-state index >= 15 is 0 Å². The van der Waals surface area contributed by atoms with Crippen LogP contribution in [0.15, 0.2) is 91.0 Å². The van der Waals surface area contributed by atoms with Gasteiger partial charge in [-0.1, -0.05) is 91.0 Å². The molecule has 3 aromatic rings. The van der Waals surface area contributed by atoms with Crippen molar-refractivity contribution in [2.45, 2.75) is 31.8 Å². The number of hydrogen-bond donors (Lipinski definition) is 1. The minimum absolute atomic E-state index is 0.0686. The van der Waals surface area contributed by atoms with Gasteiger partial charge in [0.1, 0.15) is 13.2 Å². The summed E-state index contributed by atoms with van der Waals surface area (Å²) in [7, 11) is 0. The topological polar surface area (TPSA) is 76.1 Å². The third-order valence-electron chi connectivity index (χ3n) is 5.82. The fraction of sp³-hybridized carbons (Fsp3) is 0.259. The SMILES string of the molecule is O=C(OCc1ccccc1)[C@@H]1[C@@H](O)[C@@H](Cc2ccccc2)CN1C(=O)OCc1ccccc1. The zero-order valence-electron chi connectivity index (χ0n) is 18.2. The number of nitrogens with zero attached hydrogens (tertiary/aromatic N) is 1. The molecular formula is C27H27NO5. The molecule has 1 saturated heterocycles. The monoisotopic (exact) mass is 445 g/mol. The average molecular weight is 446 g/mol.